The van der Waals surface area contributed by atoms with Gasteiger partial charge in [-0.15, -0.1) is 0 Å². The highest BCUT2D eigenvalue weighted by atomic mass is 16.5. The number of aliphatic imine (C=N–C) groups is 2. The van der Waals surface area contributed by atoms with Crippen LogP contribution in [0.15, 0.2) is 172 Å². The van der Waals surface area contributed by atoms with Gasteiger partial charge < -0.3 is 15.0 Å². The molecule has 1 N–H and O–H groups in total. The molecule has 8 aliphatic rings. The van der Waals surface area contributed by atoms with Crippen LogP contribution in [0.1, 0.15) is 49.4 Å². The van der Waals surface area contributed by atoms with E-state index in [9.17, 15) is 0 Å². The lowest BCUT2D eigenvalue weighted by Crippen LogP contribution is -2.42. The predicted molar refractivity (Wildman–Crippen MR) is 203 cm³/mol. The van der Waals surface area contributed by atoms with Gasteiger partial charge in [0, 0.05) is 46.2 Å². The molecular formula is C45H42N4O. The summed E-state index contributed by atoms with van der Waals surface area (Å²) in [5, 5.41) is 3.77. The molecule has 0 radical (unpaired) electrons. The fourth-order valence-electron chi connectivity index (χ4n) is 9.52. The van der Waals surface area contributed by atoms with E-state index in [4.69, 9.17) is 14.7 Å². The molecule has 5 aliphatic carbocycles. The van der Waals surface area contributed by atoms with Gasteiger partial charge in [-0.3, -0.25) is 0 Å². The number of para-hydroxylation sites is 1. The molecule has 8 atom stereocenters. The Bertz CT molecular complexity index is 2050. The molecule has 0 aromatic heterocycles. The zero-order valence-electron chi connectivity index (χ0n) is 28.2. The number of nitrogens with one attached hydrogen (secondary N) is 1. The maximum absolute atomic E-state index is 6.78. The van der Waals surface area contributed by atoms with Crippen LogP contribution in [0, 0.1) is 23.7 Å². The molecule has 2 aromatic carbocycles. The van der Waals surface area contributed by atoms with Crippen molar-refractivity contribution in [3.63, 3.8) is 0 Å². The van der Waals surface area contributed by atoms with E-state index in [2.05, 4.69) is 150 Å². The Balaban J connectivity index is 1.06. The summed E-state index contributed by atoms with van der Waals surface area (Å²) in [6, 6.07) is 19.8. The second-order valence-corrected chi connectivity index (χ2v) is 14.5. The number of hydrogen-bond acceptors (Lipinski definition) is 5. The van der Waals surface area contributed by atoms with Crippen LogP contribution in [0.2, 0.25) is 0 Å². The Kier molecular flexibility index (Phi) is 7.41. The second-order valence-electron chi connectivity index (χ2n) is 14.5. The molecule has 1 fully saturated rings. The average molecular weight is 655 g/mol. The molecule has 50 heavy (non-hydrogen) atoms. The Morgan fingerprint density at radius 1 is 0.760 bits per heavy atom. The largest absolute Gasteiger partial charge is 0.365 e. The Labute approximate surface area is 294 Å². The smallest absolute Gasteiger partial charge is 0.171 e. The topological polar surface area (TPSA) is 49.2 Å². The van der Waals surface area contributed by atoms with Crippen LogP contribution in [0.25, 0.3) is 0 Å². The number of rotatable bonds is 5. The standard InChI is InChI=1S/C45H42N4O/c1-2-15-29(16-3-1)43-46-44(36-21-5-4-17-30(36)34-23-14-24-35-33-20-9-13-28-41(33)50-42(34)35)48-45(47-43)37-22-8-12-27-40(37)49-38-25-10-6-18-31(38)32-19-7-11-26-39(32)49/h1-6,8-9,11-18,20,22-24,26-28,32-33,35-36,39,41-42,45H,7,10,19,21,25H2,(H,46,47,48). The maximum Gasteiger partial charge on any atom is 0.171 e. The summed E-state index contributed by atoms with van der Waals surface area (Å²) in [6.45, 7) is 0. The third kappa shape index (κ3) is 4.93. The van der Waals surface area contributed by atoms with Crippen LogP contribution >= 0.6 is 0 Å². The first-order chi connectivity index (χ1) is 24.8. The molecule has 5 heteroatoms. The van der Waals surface area contributed by atoms with Crippen LogP contribution in [-0.2, 0) is 4.74 Å². The fourth-order valence-corrected chi connectivity index (χ4v) is 9.52. The number of hydrogen-bond donors (Lipinski definition) is 1. The first-order valence-electron chi connectivity index (χ1n) is 18.5. The van der Waals surface area contributed by atoms with Gasteiger partial charge in [0.2, 0.25) is 0 Å². The van der Waals surface area contributed by atoms with E-state index in [1.807, 2.05) is 0 Å². The van der Waals surface area contributed by atoms with E-state index in [1.165, 1.54) is 34.5 Å². The molecule has 3 heterocycles. The van der Waals surface area contributed by atoms with E-state index < -0.39 is 0 Å². The van der Waals surface area contributed by atoms with Crippen LogP contribution in [-0.4, -0.2) is 29.9 Å². The van der Waals surface area contributed by atoms with Crippen LogP contribution in [0.4, 0.5) is 5.69 Å². The van der Waals surface area contributed by atoms with E-state index in [1.54, 1.807) is 0 Å². The van der Waals surface area contributed by atoms with E-state index >= 15 is 0 Å². The second kappa shape index (κ2) is 12.4. The zero-order chi connectivity index (χ0) is 33.0. The van der Waals surface area contributed by atoms with Gasteiger partial charge in [-0.05, 0) is 54.9 Å². The fraction of sp³-hybridized carbons (Fsp3) is 0.289. The first kappa shape index (κ1) is 29.9. The number of ether oxygens (including phenoxy) is 1. The lowest BCUT2D eigenvalue weighted by atomic mass is 9.75. The summed E-state index contributed by atoms with van der Waals surface area (Å²) in [5.74, 6) is 3.11. The normalized spacial score (nSPS) is 33.2. The molecule has 1 saturated heterocycles. The Hall–Kier alpha value is -5.00. The van der Waals surface area contributed by atoms with Crippen molar-refractivity contribution in [1.29, 1.82) is 0 Å². The number of benzene rings is 2. The molecule has 0 saturated carbocycles. The van der Waals surface area contributed by atoms with Crippen molar-refractivity contribution in [3.8, 4) is 0 Å². The lowest BCUT2D eigenvalue weighted by Gasteiger charge is -2.36. The summed E-state index contributed by atoms with van der Waals surface area (Å²) in [6.07, 6.45) is 37.2. The first-order valence-corrected chi connectivity index (χ1v) is 18.5. The van der Waals surface area contributed by atoms with Gasteiger partial charge in [0.15, 0.2) is 6.17 Å². The minimum absolute atomic E-state index is 0.0179. The molecule has 10 rings (SSSR count). The summed E-state index contributed by atoms with van der Waals surface area (Å²) < 4.78 is 6.78. The third-order valence-corrected chi connectivity index (χ3v) is 11.8. The van der Waals surface area contributed by atoms with Crippen molar-refractivity contribution < 1.29 is 4.74 Å². The van der Waals surface area contributed by atoms with Gasteiger partial charge in [-0.1, -0.05) is 134 Å². The monoisotopic (exact) mass is 654 g/mol. The molecule has 0 bridgehead atoms. The quantitative estimate of drug-likeness (QED) is 0.328. The molecule has 5 nitrogen and oxygen atoms in total. The van der Waals surface area contributed by atoms with Crippen molar-refractivity contribution in [2.45, 2.75) is 56.5 Å². The third-order valence-electron chi connectivity index (χ3n) is 11.8. The molecular weight excluding hydrogens is 613 g/mol. The van der Waals surface area contributed by atoms with Crippen LogP contribution in [0.5, 0.6) is 0 Å². The molecule has 2 aromatic rings. The highest BCUT2D eigenvalue weighted by molar-refractivity contribution is 6.12. The minimum Gasteiger partial charge on any atom is -0.365 e. The Morgan fingerprint density at radius 2 is 1.62 bits per heavy atom. The molecule has 0 spiro atoms. The summed E-state index contributed by atoms with van der Waals surface area (Å²) >= 11 is 0. The average Bonchev–Trinajstić information content (AvgIpc) is 3.74. The molecule has 248 valence electrons. The van der Waals surface area contributed by atoms with Crippen LogP contribution in [0.3, 0.4) is 0 Å². The molecule has 0 amide bonds. The predicted octanol–water partition coefficient (Wildman–Crippen LogP) is 9.02. The summed E-state index contributed by atoms with van der Waals surface area (Å²) in [7, 11) is 0. The van der Waals surface area contributed by atoms with Crippen molar-refractivity contribution in [2.75, 3.05) is 4.90 Å². The van der Waals surface area contributed by atoms with Gasteiger partial charge in [-0.2, -0.15) is 0 Å². The van der Waals surface area contributed by atoms with Crippen molar-refractivity contribution in [3.05, 3.63) is 173 Å². The highest BCUT2D eigenvalue weighted by Gasteiger charge is 2.46. The van der Waals surface area contributed by atoms with E-state index in [0.29, 0.717) is 23.8 Å². The van der Waals surface area contributed by atoms with Gasteiger partial charge in [-0.25, -0.2) is 9.98 Å². The van der Waals surface area contributed by atoms with E-state index in [0.717, 1.165) is 48.5 Å². The molecule has 3 aliphatic heterocycles. The highest BCUT2D eigenvalue weighted by Crippen LogP contribution is 2.49. The number of anilines is 1. The van der Waals surface area contributed by atoms with Gasteiger partial charge in [0.05, 0.1) is 18.2 Å². The van der Waals surface area contributed by atoms with Gasteiger partial charge in [0.25, 0.3) is 0 Å². The Morgan fingerprint density at radius 3 is 2.58 bits per heavy atom. The van der Waals surface area contributed by atoms with Crippen molar-refractivity contribution in [1.82, 2.24) is 5.32 Å². The summed E-state index contributed by atoms with van der Waals surface area (Å²) in [5.41, 5.74) is 9.00. The van der Waals surface area contributed by atoms with Gasteiger partial charge >= 0.3 is 0 Å². The number of fused-ring (bicyclic) bond motifs is 5. The number of amidine groups is 2. The minimum atomic E-state index is -0.381. The van der Waals surface area contributed by atoms with E-state index in [-0.39, 0.29) is 24.3 Å². The van der Waals surface area contributed by atoms with Gasteiger partial charge in [0.1, 0.15) is 11.7 Å². The maximum atomic E-state index is 6.78. The van der Waals surface area contributed by atoms with Crippen LogP contribution < -0.4 is 10.2 Å². The van der Waals surface area contributed by atoms with Crippen molar-refractivity contribution >= 4 is 17.4 Å². The lowest BCUT2D eigenvalue weighted by molar-refractivity contribution is 0.0821. The summed E-state index contributed by atoms with van der Waals surface area (Å²) in [4.78, 5) is 13.6. The number of allylic oxidation sites excluding steroid dienone is 11. The number of nitrogens with zero attached hydrogens (tertiary/aromatic N) is 3. The van der Waals surface area contributed by atoms with Crippen molar-refractivity contribution in [2.24, 2.45) is 33.7 Å². The molecule has 8 unspecified atom stereocenters. The SMILES string of the molecule is C1=CCC(C2=NC(c3ccccc3N3C4=C(C=CCC4)C4CCC=CC43)N=C(c3ccccc3)N2)C(C2=CC=CC3C2OC2C=CC=CC23)=C1. The zero-order valence-corrected chi connectivity index (χ0v) is 28.2.